The first kappa shape index (κ1) is 16.5. The van der Waals surface area contributed by atoms with Gasteiger partial charge in [0, 0.05) is 48.7 Å². The van der Waals surface area contributed by atoms with Crippen molar-refractivity contribution in [3.63, 3.8) is 0 Å². The van der Waals surface area contributed by atoms with Crippen LogP contribution in [-0.4, -0.2) is 33.1 Å². The van der Waals surface area contributed by atoms with Gasteiger partial charge in [0.05, 0.1) is 11.6 Å². The van der Waals surface area contributed by atoms with Gasteiger partial charge in [0.1, 0.15) is 0 Å². The van der Waals surface area contributed by atoms with Crippen LogP contribution in [-0.2, 0) is 7.05 Å². The number of rotatable bonds is 3. The Morgan fingerprint density at radius 3 is 2.77 bits per heavy atom. The molecule has 1 aliphatic heterocycles. The zero-order valence-electron chi connectivity index (χ0n) is 14.1. The van der Waals surface area contributed by atoms with Crippen LogP contribution in [0.4, 0.5) is 5.82 Å². The minimum atomic E-state index is -0.189. The third-order valence-corrected chi connectivity index (χ3v) is 5.05. The molecule has 4 heterocycles. The van der Waals surface area contributed by atoms with Crippen molar-refractivity contribution in [2.45, 2.75) is 12.5 Å². The van der Waals surface area contributed by atoms with Gasteiger partial charge >= 0.3 is 0 Å². The number of hydrogen-bond acceptors (Lipinski definition) is 5. The highest BCUT2D eigenvalue weighted by Crippen LogP contribution is 2.33. The van der Waals surface area contributed by atoms with Crippen LogP contribution in [0.1, 0.15) is 38.7 Å². The molecule has 0 saturated carbocycles. The normalized spacial score (nSPS) is 16.2. The van der Waals surface area contributed by atoms with Gasteiger partial charge in [0.15, 0.2) is 5.82 Å². The molecule has 3 aromatic heterocycles. The first-order valence-corrected chi connectivity index (χ1v) is 9.16. The number of thiophene rings is 1. The molecule has 8 heteroatoms. The number of nitrogens with one attached hydrogen (secondary N) is 1. The number of carbonyl (C=O) groups excluding carboxylic acids is 2. The van der Waals surface area contributed by atoms with E-state index in [1.165, 1.54) is 11.3 Å². The topological polar surface area (TPSA) is 80.1 Å². The smallest absolute Gasteiger partial charge is 0.260 e. The van der Waals surface area contributed by atoms with Crippen LogP contribution in [0.15, 0.2) is 47.5 Å². The second-order valence-corrected chi connectivity index (χ2v) is 6.88. The lowest BCUT2D eigenvalue weighted by Gasteiger charge is -2.31. The summed E-state index contributed by atoms with van der Waals surface area (Å²) in [5, 5.41) is 11.2. The molecule has 1 N–H and O–H groups in total. The zero-order valence-corrected chi connectivity index (χ0v) is 14.9. The minimum absolute atomic E-state index is 0.0647. The maximum absolute atomic E-state index is 12.8. The van der Waals surface area contributed by atoms with Crippen molar-refractivity contribution in [2.75, 3.05) is 11.4 Å². The van der Waals surface area contributed by atoms with Crippen molar-refractivity contribution in [1.29, 1.82) is 0 Å². The molecule has 0 saturated heterocycles. The number of aromatic nitrogens is 3. The molecule has 0 unspecified atom stereocenters. The molecular weight excluding hydrogens is 350 g/mol. The van der Waals surface area contributed by atoms with E-state index in [1.807, 2.05) is 30.1 Å². The highest BCUT2D eigenvalue weighted by Gasteiger charge is 2.33. The summed E-state index contributed by atoms with van der Waals surface area (Å²) >= 11 is 1.49. The zero-order chi connectivity index (χ0) is 18.1. The average Bonchev–Trinajstić information content (AvgIpc) is 3.31. The summed E-state index contributed by atoms with van der Waals surface area (Å²) in [4.78, 5) is 30.9. The largest absolute Gasteiger partial charge is 0.345 e. The van der Waals surface area contributed by atoms with Gasteiger partial charge in [-0.25, -0.2) is 0 Å². The van der Waals surface area contributed by atoms with Gasteiger partial charge in [-0.05, 0) is 30.0 Å². The molecule has 1 atom stereocenters. The molecule has 132 valence electrons. The van der Waals surface area contributed by atoms with Gasteiger partial charge in [-0.2, -0.15) is 16.4 Å². The summed E-state index contributed by atoms with van der Waals surface area (Å²) in [5.74, 6) is 0.380. The maximum atomic E-state index is 12.8. The summed E-state index contributed by atoms with van der Waals surface area (Å²) in [6.45, 7) is 0.500. The van der Waals surface area contributed by atoms with E-state index in [1.54, 1.807) is 34.1 Å². The second kappa shape index (κ2) is 6.72. The van der Waals surface area contributed by atoms with Crippen molar-refractivity contribution >= 4 is 29.0 Å². The Hall–Kier alpha value is -3.00. The van der Waals surface area contributed by atoms with Gasteiger partial charge in [-0.15, -0.1) is 0 Å². The summed E-state index contributed by atoms with van der Waals surface area (Å²) in [7, 11) is 1.81. The SMILES string of the molecule is Cn1cc2c(n1)N(C(=O)c1ccsc1)CC[C@@H]2NC(=O)c1ccncc1. The van der Waals surface area contributed by atoms with Gasteiger partial charge in [0.2, 0.25) is 0 Å². The Bertz CT molecular complexity index is 936. The third-order valence-electron chi connectivity index (χ3n) is 4.37. The Morgan fingerprint density at radius 2 is 2.04 bits per heavy atom. The number of amides is 2. The lowest BCUT2D eigenvalue weighted by Crippen LogP contribution is -2.40. The molecule has 1 aliphatic rings. The van der Waals surface area contributed by atoms with Gasteiger partial charge in [0.25, 0.3) is 11.8 Å². The van der Waals surface area contributed by atoms with Gasteiger partial charge in [-0.3, -0.25) is 24.2 Å². The van der Waals surface area contributed by atoms with E-state index in [-0.39, 0.29) is 17.9 Å². The summed E-state index contributed by atoms with van der Waals surface area (Å²) in [6.07, 6.45) is 5.67. The van der Waals surface area contributed by atoms with E-state index in [0.717, 1.165) is 5.56 Å². The first-order chi connectivity index (χ1) is 12.6. The Morgan fingerprint density at radius 1 is 1.23 bits per heavy atom. The number of nitrogens with zero attached hydrogens (tertiary/aromatic N) is 4. The lowest BCUT2D eigenvalue weighted by molar-refractivity contribution is 0.0933. The van der Waals surface area contributed by atoms with Crippen molar-refractivity contribution in [2.24, 2.45) is 7.05 Å². The van der Waals surface area contributed by atoms with Crippen LogP contribution in [0, 0.1) is 0 Å². The second-order valence-electron chi connectivity index (χ2n) is 6.10. The Labute approximate surface area is 154 Å². The molecule has 0 bridgehead atoms. The Kier molecular flexibility index (Phi) is 4.26. The van der Waals surface area contributed by atoms with Gasteiger partial charge < -0.3 is 5.32 Å². The minimum Gasteiger partial charge on any atom is -0.345 e. The van der Waals surface area contributed by atoms with E-state index in [9.17, 15) is 9.59 Å². The highest BCUT2D eigenvalue weighted by molar-refractivity contribution is 7.08. The fourth-order valence-electron chi connectivity index (χ4n) is 3.10. The van der Waals surface area contributed by atoms with Crippen LogP contribution in [0.5, 0.6) is 0 Å². The van der Waals surface area contributed by atoms with Crippen molar-refractivity contribution in [1.82, 2.24) is 20.1 Å². The van der Waals surface area contributed by atoms with Crippen molar-refractivity contribution in [3.8, 4) is 0 Å². The first-order valence-electron chi connectivity index (χ1n) is 8.22. The van der Waals surface area contributed by atoms with E-state index in [4.69, 9.17) is 0 Å². The van der Waals surface area contributed by atoms with Crippen LogP contribution >= 0.6 is 11.3 Å². The fraction of sp³-hybridized carbons (Fsp3) is 0.222. The van der Waals surface area contributed by atoms with E-state index in [0.29, 0.717) is 29.9 Å². The predicted octanol–water partition coefficient (Wildman–Crippen LogP) is 2.40. The molecule has 3 aromatic rings. The summed E-state index contributed by atoms with van der Waals surface area (Å²) < 4.78 is 1.68. The van der Waals surface area contributed by atoms with Crippen LogP contribution in [0.2, 0.25) is 0 Å². The number of fused-ring (bicyclic) bond motifs is 1. The predicted molar refractivity (Wildman–Crippen MR) is 98.3 cm³/mol. The number of carbonyl (C=O) groups is 2. The average molecular weight is 367 g/mol. The summed E-state index contributed by atoms with van der Waals surface area (Å²) in [6, 6.07) is 4.97. The van der Waals surface area contributed by atoms with Crippen LogP contribution in [0.25, 0.3) is 0 Å². The maximum Gasteiger partial charge on any atom is 0.260 e. The molecule has 0 aliphatic carbocycles. The molecule has 0 aromatic carbocycles. The third kappa shape index (κ3) is 2.99. The quantitative estimate of drug-likeness (QED) is 0.771. The monoisotopic (exact) mass is 367 g/mol. The van der Waals surface area contributed by atoms with E-state index < -0.39 is 0 Å². The molecule has 7 nitrogen and oxygen atoms in total. The van der Waals surface area contributed by atoms with Crippen LogP contribution < -0.4 is 10.2 Å². The molecule has 0 fully saturated rings. The molecule has 0 radical (unpaired) electrons. The van der Waals surface area contributed by atoms with Crippen LogP contribution in [0.3, 0.4) is 0 Å². The molecule has 4 rings (SSSR count). The highest BCUT2D eigenvalue weighted by atomic mass is 32.1. The molecule has 0 spiro atoms. The van der Waals surface area contributed by atoms with Crippen molar-refractivity contribution in [3.05, 3.63) is 64.2 Å². The fourth-order valence-corrected chi connectivity index (χ4v) is 3.73. The van der Waals surface area contributed by atoms with E-state index >= 15 is 0 Å². The number of hydrogen-bond donors (Lipinski definition) is 1. The summed E-state index contributed by atoms with van der Waals surface area (Å²) in [5.41, 5.74) is 2.07. The number of anilines is 1. The number of pyridine rings is 1. The molecule has 2 amide bonds. The number of aryl methyl sites for hydroxylation is 1. The standard InChI is InChI=1S/C18H17N5O2S/c1-22-10-14-15(20-17(24)12-2-6-19-7-3-12)4-8-23(16(14)21-22)18(25)13-5-9-26-11-13/h2-3,5-7,9-11,15H,4,8H2,1H3,(H,20,24)/t15-/m0/s1. The van der Waals surface area contributed by atoms with E-state index in [2.05, 4.69) is 15.4 Å². The Balaban J connectivity index is 1.60. The molecular formula is C18H17N5O2S. The van der Waals surface area contributed by atoms with Gasteiger partial charge in [-0.1, -0.05) is 0 Å². The molecule has 26 heavy (non-hydrogen) atoms. The lowest BCUT2D eigenvalue weighted by atomic mass is 10.0. The van der Waals surface area contributed by atoms with Crippen molar-refractivity contribution < 1.29 is 9.59 Å².